The van der Waals surface area contributed by atoms with Crippen LogP contribution in [0.25, 0.3) is 0 Å². The number of nitrogens with one attached hydrogen (secondary N) is 1. The van der Waals surface area contributed by atoms with Crippen molar-refractivity contribution in [3.8, 4) is 11.5 Å². The lowest BCUT2D eigenvalue weighted by Crippen LogP contribution is -2.73. The molecule has 2 aliphatic carbocycles. The van der Waals surface area contributed by atoms with Crippen LogP contribution in [0.4, 0.5) is 5.69 Å². The van der Waals surface area contributed by atoms with E-state index in [4.69, 9.17) is 16.3 Å². The van der Waals surface area contributed by atoms with E-state index in [1.165, 1.54) is 38.0 Å². The number of phenols is 1. The highest BCUT2D eigenvalue weighted by Crippen LogP contribution is 2.63. The molecule has 39 heavy (non-hydrogen) atoms. The van der Waals surface area contributed by atoms with Gasteiger partial charge in [0.05, 0.1) is 27.8 Å². The van der Waals surface area contributed by atoms with Crippen LogP contribution in [0.2, 0.25) is 5.02 Å². The molecule has 0 unspecified atom stereocenters. The second-order valence-corrected chi connectivity index (χ2v) is 11.9. The van der Waals surface area contributed by atoms with Gasteiger partial charge < -0.3 is 30.5 Å². The van der Waals surface area contributed by atoms with Crippen LogP contribution in [0.1, 0.15) is 54.6 Å². The number of hydrogen-bond acceptors (Lipinski definition) is 7. The number of carboxylic acid groups (broad SMARTS) is 1. The number of rotatable bonds is 6. The molecule has 1 saturated carbocycles. The maximum absolute atomic E-state index is 13.3. The average Bonchev–Trinajstić information content (AvgIpc) is 3.63. The predicted octanol–water partition coefficient (Wildman–Crippen LogP) is 4.00. The van der Waals surface area contributed by atoms with Crippen molar-refractivity contribution >= 4 is 29.2 Å². The Morgan fingerprint density at radius 3 is 2.64 bits per heavy atom. The van der Waals surface area contributed by atoms with Gasteiger partial charge in [0.15, 0.2) is 17.6 Å². The van der Waals surface area contributed by atoms with Crippen LogP contribution < -0.4 is 10.1 Å². The monoisotopic (exact) mass is 554 g/mol. The van der Waals surface area contributed by atoms with Crippen molar-refractivity contribution in [3.63, 3.8) is 0 Å². The van der Waals surface area contributed by atoms with E-state index in [1.54, 1.807) is 13.0 Å². The highest BCUT2D eigenvalue weighted by atomic mass is 35.5. The molecule has 0 aromatic heterocycles. The minimum atomic E-state index is -1.34. The number of fused-ring (bicyclic) bond motifs is 1. The lowest BCUT2D eigenvalue weighted by molar-refractivity contribution is -0.153. The summed E-state index contributed by atoms with van der Waals surface area (Å²) in [5.74, 6) is -1.61. The number of nitrogens with zero attached hydrogens (tertiary/aromatic N) is 1. The SMILES string of the molecule is C/C(C(=O)Nc1ccc(Cl)cc1C(=O)O)=C(/O)[C@@H]1Oc2c(O)ccc3c2[C@@]12CCN(CC1CC1)[C@H](C3)[C@@]2(C)O. The molecule has 10 heteroatoms. The van der Waals surface area contributed by atoms with Crippen LogP contribution in [0.3, 0.4) is 0 Å². The summed E-state index contributed by atoms with van der Waals surface area (Å²) >= 11 is 5.93. The van der Waals surface area contributed by atoms with E-state index < -0.39 is 29.0 Å². The number of aliphatic hydroxyl groups is 2. The highest BCUT2D eigenvalue weighted by Gasteiger charge is 2.69. The van der Waals surface area contributed by atoms with E-state index in [-0.39, 0.29) is 45.1 Å². The average molecular weight is 555 g/mol. The molecule has 2 bridgehead atoms. The third-order valence-electron chi connectivity index (χ3n) is 9.18. The van der Waals surface area contributed by atoms with E-state index in [1.807, 2.05) is 6.07 Å². The van der Waals surface area contributed by atoms with Gasteiger partial charge in [-0.05, 0) is 81.8 Å². The topological polar surface area (TPSA) is 140 Å². The van der Waals surface area contributed by atoms with Gasteiger partial charge in [-0.1, -0.05) is 17.7 Å². The first-order valence-corrected chi connectivity index (χ1v) is 13.6. The van der Waals surface area contributed by atoms with Gasteiger partial charge in [0.1, 0.15) is 5.76 Å². The highest BCUT2D eigenvalue weighted by molar-refractivity contribution is 6.31. The number of aliphatic hydroxyl groups excluding tert-OH is 1. The molecular weight excluding hydrogens is 524 g/mol. The fourth-order valence-electron chi connectivity index (χ4n) is 6.90. The Balaban J connectivity index is 1.41. The first-order chi connectivity index (χ1) is 18.5. The molecule has 6 rings (SSSR count). The molecule has 5 N–H and O–H groups in total. The molecule has 0 radical (unpaired) electrons. The molecule has 1 spiro atoms. The molecule has 4 atom stereocenters. The number of halogens is 1. The first-order valence-electron chi connectivity index (χ1n) is 13.2. The Kier molecular flexibility index (Phi) is 5.91. The summed E-state index contributed by atoms with van der Waals surface area (Å²) in [4.78, 5) is 27.3. The number of benzene rings is 2. The number of amides is 1. The number of likely N-dealkylation sites (tertiary alicyclic amines) is 1. The zero-order valence-electron chi connectivity index (χ0n) is 21.7. The quantitative estimate of drug-likeness (QED) is 0.267. The number of ether oxygens (including phenoxy) is 1. The molecule has 2 fully saturated rings. The number of carbonyl (C=O) groups is 2. The van der Waals surface area contributed by atoms with Crippen LogP contribution in [0.5, 0.6) is 11.5 Å². The summed E-state index contributed by atoms with van der Waals surface area (Å²) in [6.07, 6.45) is 2.28. The number of hydrogen-bond donors (Lipinski definition) is 5. The Morgan fingerprint density at radius 1 is 1.21 bits per heavy atom. The smallest absolute Gasteiger partial charge is 0.337 e. The lowest BCUT2D eigenvalue weighted by atomic mass is 9.53. The molecule has 206 valence electrons. The largest absolute Gasteiger partial charge is 0.508 e. The minimum absolute atomic E-state index is 0.0240. The number of phenolic OH excluding ortho intramolecular Hbond substituents is 1. The molecule has 2 aliphatic heterocycles. The Hall–Kier alpha value is -3.27. The van der Waals surface area contributed by atoms with Gasteiger partial charge >= 0.3 is 5.97 Å². The van der Waals surface area contributed by atoms with Gasteiger partial charge in [0, 0.05) is 23.2 Å². The van der Waals surface area contributed by atoms with Crippen LogP contribution in [-0.2, 0) is 16.6 Å². The van der Waals surface area contributed by atoms with E-state index in [9.17, 15) is 30.0 Å². The van der Waals surface area contributed by atoms with Gasteiger partial charge in [0.2, 0.25) is 0 Å². The van der Waals surface area contributed by atoms with Gasteiger partial charge in [-0.15, -0.1) is 0 Å². The van der Waals surface area contributed by atoms with Crippen molar-refractivity contribution in [1.29, 1.82) is 0 Å². The number of piperidine rings is 1. The maximum atomic E-state index is 13.3. The molecule has 2 aromatic rings. The number of aromatic carboxylic acids is 1. The van der Waals surface area contributed by atoms with E-state index in [0.29, 0.717) is 30.9 Å². The zero-order valence-corrected chi connectivity index (χ0v) is 22.5. The minimum Gasteiger partial charge on any atom is -0.508 e. The molecular formula is C29H31ClN2O7. The summed E-state index contributed by atoms with van der Waals surface area (Å²) < 4.78 is 6.24. The number of carboxylic acids is 1. The zero-order chi connectivity index (χ0) is 27.9. The third-order valence-corrected chi connectivity index (χ3v) is 9.41. The summed E-state index contributed by atoms with van der Waals surface area (Å²) in [5.41, 5.74) is -1.06. The van der Waals surface area contributed by atoms with Crippen molar-refractivity contribution in [2.45, 2.75) is 62.7 Å². The van der Waals surface area contributed by atoms with Gasteiger partial charge in [-0.2, -0.15) is 0 Å². The summed E-state index contributed by atoms with van der Waals surface area (Å²) in [6, 6.07) is 7.26. The molecule has 2 aromatic carbocycles. The van der Waals surface area contributed by atoms with Gasteiger partial charge in [-0.3, -0.25) is 9.69 Å². The maximum Gasteiger partial charge on any atom is 0.337 e. The molecule has 1 saturated heterocycles. The number of aromatic hydroxyl groups is 1. The summed E-state index contributed by atoms with van der Waals surface area (Å²) in [5, 5.41) is 46.9. The summed E-state index contributed by atoms with van der Waals surface area (Å²) in [7, 11) is 0. The van der Waals surface area contributed by atoms with Crippen LogP contribution in [-0.4, -0.2) is 68.0 Å². The fraction of sp³-hybridized carbons (Fsp3) is 0.448. The normalized spacial score (nSPS) is 29.7. The molecule has 2 heterocycles. The first kappa shape index (κ1) is 26.0. The second-order valence-electron chi connectivity index (χ2n) is 11.4. The van der Waals surface area contributed by atoms with Gasteiger partial charge in [-0.25, -0.2) is 4.79 Å². The third kappa shape index (κ3) is 3.82. The standard InChI is InChI=1S/C29H31ClN2O7/c1-14(26(35)31-19-7-6-17(30)12-18(19)27(36)37)23(34)25-29-9-10-32(13-15-3-4-15)21(28(29,2)38)11-16-5-8-20(33)24(39-25)22(16)29/h5-8,12,15,21,25,33-34,38H,3-4,9-11,13H2,1-2H3,(H,31,35)(H,36,37)/b23-14-/t21-,25+,28-,29+/m1/s1. The number of carbonyl (C=O) groups excluding carboxylic acids is 1. The van der Waals surface area contributed by atoms with Crippen LogP contribution in [0, 0.1) is 5.92 Å². The van der Waals surface area contributed by atoms with Crippen molar-refractivity contribution in [1.82, 2.24) is 4.90 Å². The van der Waals surface area contributed by atoms with Crippen molar-refractivity contribution in [2.75, 3.05) is 18.4 Å². The second kappa shape index (κ2) is 8.87. The molecule has 4 aliphatic rings. The van der Waals surface area contributed by atoms with E-state index >= 15 is 0 Å². The van der Waals surface area contributed by atoms with E-state index in [2.05, 4.69) is 10.2 Å². The van der Waals surface area contributed by atoms with Gasteiger partial charge in [0.25, 0.3) is 5.91 Å². The number of anilines is 1. The van der Waals surface area contributed by atoms with Crippen LogP contribution >= 0.6 is 11.6 Å². The Morgan fingerprint density at radius 2 is 1.95 bits per heavy atom. The Labute approximate surface area is 230 Å². The molecule has 1 amide bonds. The fourth-order valence-corrected chi connectivity index (χ4v) is 7.08. The molecule has 9 nitrogen and oxygen atoms in total. The van der Waals surface area contributed by atoms with Crippen LogP contribution in [0.15, 0.2) is 41.7 Å². The predicted molar refractivity (Wildman–Crippen MR) is 144 cm³/mol. The van der Waals surface area contributed by atoms with E-state index in [0.717, 1.165) is 12.1 Å². The van der Waals surface area contributed by atoms with Crippen molar-refractivity contribution < 1.29 is 34.8 Å². The summed E-state index contributed by atoms with van der Waals surface area (Å²) in [6.45, 7) is 4.77. The Bertz CT molecular complexity index is 1430. The lowest BCUT2D eigenvalue weighted by Gasteiger charge is -2.59. The van der Waals surface area contributed by atoms with Crippen molar-refractivity contribution in [2.24, 2.45) is 5.92 Å². The van der Waals surface area contributed by atoms with Crippen molar-refractivity contribution in [3.05, 3.63) is 63.4 Å².